The first-order chi connectivity index (χ1) is 16.6. The van der Waals surface area contributed by atoms with Crippen LogP contribution >= 0.6 is 0 Å². The Morgan fingerprint density at radius 3 is 2.31 bits per heavy atom. The molecule has 0 aliphatic rings. The van der Waals surface area contributed by atoms with Gasteiger partial charge in [-0.25, -0.2) is 9.48 Å². The lowest BCUT2D eigenvalue weighted by atomic mass is 10.0. The Morgan fingerprint density at radius 1 is 1.00 bits per heavy atom. The van der Waals surface area contributed by atoms with Gasteiger partial charge in [-0.15, -0.1) is 0 Å². The summed E-state index contributed by atoms with van der Waals surface area (Å²) in [7, 11) is 0. The SMILES string of the molecule is Cc1ccc(N/N=C/c2cn(-c3ccc(C(=O)O)cc3)nc2-c2cc(C)cc(C(F)(F)F)c2)cc1. The number of carbonyl (C=O) groups is 1. The molecule has 0 radical (unpaired) electrons. The van der Waals surface area contributed by atoms with Gasteiger partial charge in [0, 0.05) is 17.3 Å². The molecule has 0 aliphatic carbocycles. The van der Waals surface area contributed by atoms with Crippen LogP contribution in [0.15, 0.2) is 78.0 Å². The first-order valence-electron chi connectivity index (χ1n) is 10.6. The van der Waals surface area contributed by atoms with Crippen LogP contribution in [0.3, 0.4) is 0 Å². The van der Waals surface area contributed by atoms with Crippen molar-refractivity contribution < 1.29 is 23.1 Å². The molecule has 0 saturated carbocycles. The van der Waals surface area contributed by atoms with Gasteiger partial charge < -0.3 is 5.11 Å². The third-order valence-electron chi connectivity index (χ3n) is 5.25. The van der Waals surface area contributed by atoms with Crippen LogP contribution in [0, 0.1) is 13.8 Å². The molecule has 178 valence electrons. The number of aromatic carboxylic acids is 1. The minimum atomic E-state index is -4.50. The molecule has 35 heavy (non-hydrogen) atoms. The van der Waals surface area contributed by atoms with E-state index in [1.165, 1.54) is 23.0 Å². The van der Waals surface area contributed by atoms with E-state index in [-0.39, 0.29) is 11.1 Å². The van der Waals surface area contributed by atoms with Crippen LogP contribution in [0.4, 0.5) is 18.9 Å². The highest BCUT2D eigenvalue weighted by Crippen LogP contribution is 2.34. The van der Waals surface area contributed by atoms with Gasteiger partial charge in [-0.05, 0) is 74.0 Å². The summed E-state index contributed by atoms with van der Waals surface area (Å²) in [5.74, 6) is -1.06. The number of hydrogen-bond donors (Lipinski definition) is 2. The molecule has 2 N–H and O–H groups in total. The van der Waals surface area contributed by atoms with Crippen molar-refractivity contribution in [3.8, 4) is 16.9 Å². The first-order valence-corrected chi connectivity index (χ1v) is 10.6. The molecule has 9 heteroatoms. The second kappa shape index (κ2) is 9.46. The molecule has 0 unspecified atom stereocenters. The minimum Gasteiger partial charge on any atom is -0.478 e. The van der Waals surface area contributed by atoms with Crippen LogP contribution in [0.1, 0.15) is 32.6 Å². The van der Waals surface area contributed by atoms with Gasteiger partial charge in [0.1, 0.15) is 5.69 Å². The van der Waals surface area contributed by atoms with E-state index < -0.39 is 17.7 Å². The number of carboxylic acids is 1. The van der Waals surface area contributed by atoms with Crippen molar-refractivity contribution in [1.29, 1.82) is 0 Å². The van der Waals surface area contributed by atoms with E-state index in [9.17, 15) is 18.0 Å². The number of anilines is 1. The van der Waals surface area contributed by atoms with Crippen molar-refractivity contribution >= 4 is 17.9 Å². The number of aryl methyl sites for hydroxylation is 2. The van der Waals surface area contributed by atoms with Crippen molar-refractivity contribution in [3.05, 3.63) is 101 Å². The predicted molar refractivity (Wildman–Crippen MR) is 128 cm³/mol. The van der Waals surface area contributed by atoms with Crippen molar-refractivity contribution in [3.63, 3.8) is 0 Å². The summed E-state index contributed by atoms with van der Waals surface area (Å²) in [4.78, 5) is 11.2. The smallest absolute Gasteiger partial charge is 0.416 e. The topological polar surface area (TPSA) is 79.5 Å². The zero-order valence-corrected chi connectivity index (χ0v) is 18.8. The molecule has 6 nitrogen and oxygen atoms in total. The van der Waals surface area contributed by atoms with Gasteiger partial charge in [0.2, 0.25) is 0 Å². The summed E-state index contributed by atoms with van der Waals surface area (Å²) < 4.78 is 41.8. The molecule has 0 fully saturated rings. The summed E-state index contributed by atoms with van der Waals surface area (Å²) in [5, 5.41) is 17.9. The number of carboxylic acid groups (broad SMARTS) is 1. The lowest BCUT2D eigenvalue weighted by molar-refractivity contribution is -0.137. The summed E-state index contributed by atoms with van der Waals surface area (Å²) in [5.41, 5.74) is 6.14. The number of alkyl halides is 3. The average Bonchev–Trinajstić information content (AvgIpc) is 3.24. The number of hydrazone groups is 1. The quantitative estimate of drug-likeness (QED) is 0.251. The normalized spacial score (nSPS) is 11.7. The van der Waals surface area contributed by atoms with Crippen molar-refractivity contribution in [2.24, 2.45) is 5.10 Å². The van der Waals surface area contributed by atoms with Crippen LogP contribution in [-0.4, -0.2) is 27.1 Å². The number of rotatable bonds is 6. The van der Waals surface area contributed by atoms with Crippen LogP contribution in [0.25, 0.3) is 16.9 Å². The standard InChI is InChI=1S/C26H21F3N4O2/c1-16-3-7-22(8-4-16)31-30-14-20-15-33(23-9-5-18(6-10-23)25(34)35)32-24(20)19-11-17(2)12-21(13-19)26(27,28)29/h3-15,31H,1-2H3,(H,34,35)/b30-14+. The van der Waals surface area contributed by atoms with Crippen LogP contribution in [-0.2, 0) is 6.18 Å². The third-order valence-corrected chi connectivity index (χ3v) is 5.25. The van der Waals surface area contributed by atoms with E-state index in [1.54, 1.807) is 31.3 Å². The molecule has 3 aromatic carbocycles. The number of hydrogen-bond acceptors (Lipinski definition) is 4. The van der Waals surface area contributed by atoms with Gasteiger partial charge >= 0.3 is 12.1 Å². The number of benzene rings is 3. The zero-order chi connectivity index (χ0) is 25.2. The van der Waals surface area contributed by atoms with Gasteiger partial charge in [0.25, 0.3) is 0 Å². The van der Waals surface area contributed by atoms with E-state index in [2.05, 4.69) is 15.6 Å². The van der Waals surface area contributed by atoms with Crippen molar-refractivity contribution in [1.82, 2.24) is 9.78 Å². The highest BCUT2D eigenvalue weighted by atomic mass is 19.4. The maximum absolute atomic E-state index is 13.4. The Labute approximate surface area is 199 Å². The molecule has 1 aromatic heterocycles. The molecule has 0 aliphatic heterocycles. The molecular weight excluding hydrogens is 457 g/mol. The van der Waals surface area contributed by atoms with Gasteiger partial charge in [-0.3, -0.25) is 5.43 Å². The summed E-state index contributed by atoms with van der Waals surface area (Å²) in [6.45, 7) is 3.56. The fourth-order valence-corrected chi connectivity index (χ4v) is 3.48. The summed E-state index contributed by atoms with van der Waals surface area (Å²) in [6, 6.07) is 17.3. The lowest BCUT2D eigenvalue weighted by Gasteiger charge is -2.10. The average molecular weight is 478 g/mol. The molecular formula is C26H21F3N4O2. The highest BCUT2D eigenvalue weighted by Gasteiger charge is 2.31. The molecule has 0 amide bonds. The van der Waals surface area contributed by atoms with Gasteiger partial charge in [0.05, 0.1) is 28.7 Å². The van der Waals surface area contributed by atoms with Crippen LogP contribution in [0.2, 0.25) is 0 Å². The second-order valence-electron chi connectivity index (χ2n) is 8.05. The number of nitrogens with one attached hydrogen (secondary N) is 1. The number of nitrogens with zero attached hydrogens (tertiary/aromatic N) is 3. The van der Waals surface area contributed by atoms with Crippen LogP contribution in [0.5, 0.6) is 0 Å². The highest BCUT2D eigenvalue weighted by molar-refractivity contribution is 5.90. The molecule has 0 saturated heterocycles. The Morgan fingerprint density at radius 2 is 1.69 bits per heavy atom. The zero-order valence-electron chi connectivity index (χ0n) is 18.8. The Kier molecular flexibility index (Phi) is 6.42. The van der Waals surface area contributed by atoms with Crippen LogP contribution < -0.4 is 5.43 Å². The number of halogens is 3. The number of aromatic nitrogens is 2. The van der Waals surface area contributed by atoms with E-state index in [0.29, 0.717) is 22.5 Å². The third kappa shape index (κ3) is 5.57. The van der Waals surface area contributed by atoms with E-state index in [1.807, 2.05) is 31.2 Å². The largest absolute Gasteiger partial charge is 0.478 e. The maximum Gasteiger partial charge on any atom is 0.416 e. The van der Waals surface area contributed by atoms with Crippen molar-refractivity contribution in [2.75, 3.05) is 5.43 Å². The van der Waals surface area contributed by atoms with Gasteiger partial charge in [-0.1, -0.05) is 17.7 Å². The Balaban J connectivity index is 1.76. The van der Waals surface area contributed by atoms with E-state index >= 15 is 0 Å². The first kappa shape index (κ1) is 23.7. The minimum absolute atomic E-state index is 0.110. The molecule has 4 rings (SSSR count). The molecule has 4 aromatic rings. The maximum atomic E-state index is 13.4. The van der Waals surface area contributed by atoms with Crippen molar-refractivity contribution in [2.45, 2.75) is 20.0 Å². The fourth-order valence-electron chi connectivity index (χ4n) is 3.48. The second-order valence-corrected chi connectivity index (χ2v) is 8.05. The Bertz CT molecular complexity index is 1390. The summed E-state index contributed by atoms with van der Waals surface area (Å²) in [6.07, 6.45) is -1.39. The monoisotopic (exact) mass is 478 g/mol. The fraction of sp³-hybridized carbons (Fsp3) is 0.115. The van der Waals surface area contributed by atoms with E-state index in [4.69, 9.17) is 5.11 Å². The molecule has 0 bridgehead atoms. The van der Waals surface area contributed by atoms with Gasteiger partial charge in [-0.2, -0.15) is 23.4 Å². The lowest BCUT2D eigenvalue weighted by Crippen LogP contribution is -2.05. The predicted octanol–water partition coefficient (Wildman–Crippen LogP) is 6.32. The molecule has 1 heterocycles. The van der Waals surface area contributed by atoms with Gasteiger partial charge in [0.15, 0.2) is 0 Å². The summed E-state index contributed by atoms with van der Waals surface area (Å²) >= 11 is 0. The molecule has 0 spiro atoms. The Hall–Kier alpha value is -4.40. The van der Waals surface area contributed by atoms with E-state index in [0.717, 1.165) is 23.4 Å². The molecule has 0 atom stereocenters.